The molecule has 1 fully saturated rings. The van der Waals surface area contributed by atoms with E-state index in [0.29, 0.717) is 24.7 Å². The molecular weight excluding hydrogens is 412 g/mol. The molecular formula is C24H30N2O4S. The average Bonchev–Trinajstić information content (AvgIpc) is 2.73. The Balaban J connectivity index is 1.73. The van der Waals surface area contributed by atoms with Crippen molar-refractivity contribution in [3.8, 4) is 0 Å². The molecule has 0 saturated carbocycles. The number of carbonyl (C=O) groups excluding carboxylic acids is 1. The van der Waals surface area contributed by atoms with Gasteiger partial charge in [-0.3, -0.25) is 0 Å². The first-order valence-electron chi connectivity index (χ1n) is 10.4. The molecule has 3 unspecified atom stereocenters. The highest BCUT2D eigenvalue weighted by molar-refractivity contribution is 7.80. The predicted octanol–water partition coefficient (Wildman–Crippen LogP) is 3.98. The number of amides is 1. The Hall–Kier alpha value is -2.48. The molecule has 1 aliphatic heterocycles. The normalized spacial score (nSPS) is 21.3. The third kappa shape index (κ3) is 7.31. The summed E-state index contributed by atoms with van der Waals surface area (Å²) in [5, 5.41) is 6.04. The lowest BCUT2D eigenvalue weighted by molar-refractivity contribution is -0.0943. The van der Waals surface area contributed by atoms with Crippen molar-refractivity contribution in [2.75, 3.05) is 6.54 Å². The fourth-order valence-corrected chi connectivity index (χ4v) is 3.55. The summed E-state index contributed by atoms with van der Waals surface area (Å²) >= 11 is 5.51. The van der Waals surface area contributed by atoms with Gasteiger partial charge in [-0.25, -0.2) is 4.79 Å². The monoisotopic (exact) mass is 442 g/mol. The van der Waals surface area contributed by atoms with Gasteiger partial charge in [0.25, 0.3) is 0 Å². The van der Waals surface area contributed by atoms with Gasteiger partial charge >= 0.3 is 6.09 Å². The van der Waals surface area contributed by atoms with E-state index >= 15 is 0 Å². The summed E-state index contributed by atoms with van der Waals surface area (Å²) in [6, 6.07) is 19.3. The maximum atomic E-state index is 12.5. The Morgan fingerprint density at radius 1 is 1.00 bits per heavy atom. The van der Waals surface area contributed by atoms with Gasteiger partial charge in [-0.2, -0.15) is 0 Å². The van der Waals surface area contributed by atoms with E-state index in [1.807, 2.05) is 81.4 Å². The topological polar surface area (TPSA) is 68.8 Å². The highest BCUT2D eigenvalue weighted by Crippen LogP contribution is 2.19. The van der Waals surface area contributed by atoms with E-state index < -0.39 is 23.8 Å². The number of hydrogen-bond acceptors (Lipinski definition) is 5. The standard InChI is InChI=1S/C24H30N2O4S/c1-24(2,3)30-23(27)26-20-21(29-16-18-12-8-5-9-13-18)19(14-25-22(20)31)28-15-17-10-6-4-7-11-17/h4-13,19-21H,14-16H2,1-3H3,(H,25,31)(H,26,27). The molecule has 0 bridgehead atoms. The predicted molar refractivity (Wildman–Crippen MR) is 124 cm³/mol. The fraction of sp³-hybridized carbons (Fsp3) is 0.417. The summed E-state index contributed by atoms with van der Waals surface area (Å²) in [6.45, 7) is 6.77. The van der Waals surface area contributed by atoms with Gasteiger partial charge in [-0.05, 0) is 31.9 Å². The largest absolute Gasteiger partial charge is 0.444 e. The third-order valence-electron chi connectivity index (χ3n) is 4.72. The van der Waals surface area contributed by atoms with Gasteiger partial charge in [0.1, 0.15) is 28.8 Å². The number of carbonyl (C=O) groups is 1. The molecule has 3 rings (SSSR count). The Kier molecular flexibility index (Phi) is 8.01. The van der Waals surface area contributed by atoms with E-state index in [9.17, 15) is 4.79 Å². The molecule has 1 heterocycles. The van der Waals surface area contributed by atoms with Crippen molar-refractivity contribution < 1.29 is 19.0 Å². The molecule has 1 amide bonds. The number of alkyl carbamates (subject to hydrolysis) is 1. The van der Waals surface area contributed by atoms with E-state index in [1.54, 1.807) is 0 Å². The van der Waals surface area contributed by atoms with Gasteiger partial charge in [0.2, 0.25) is 0 Å². The van der Waals surface area contributed by atoms with Crippen LogP contribution in [0, 0.1) is 0 Å². The van der Waals surface area contributed by atoms with Crippen LogP contribution in [0.4, 0.5) is 4.79 Å². The maximum Gasteiger partial charge on any atom is 0.408 e. The fourth-order valence-electron chi connectivity index (χ4n) is 3.27. The number of nitrogens with one attached hydrogen (secondary N) is 2. The number of piperidine rings is 1. The highest BCUT2D eigenvalue weighted by atomic mass is 32.1. The Morgan fingerprint density at radius 3 is 2.10 bits per heavy atom. The van der Waals surface area contributed by atoms with Gasteiger partial charge in [0, 0.05) is 6.54 Å². The second-order valence-electron chi connectivity index (χ2n) is 8.47. The van der Waals surface area contributed by atoms with E-state index in [1.165, 1.54) is 0 Å². The first-order chi connectivity index (χ1) is 14.8. The van der Waals surface area contributed by atoms with Crippen LogP contribution in [0.3, 0.4) is 0 Å². The lowest BCUT2D eigenvalue weighted by atomic mass is 10.00. The van der Waals surface area contributed by atoms with Crippen LogP contribution >= 0.6 is 12.2 Å². The van der Waals surface area contributed by atoms with Gasteiger partial charge < -0.3 is 24.8 Å². The zero-order valence-corrected chi connectivity index (χ0v) is 19.0. The molecule has 2 aromatic carbocycles. The van der Waals surface area contributed by atoms with Crippen LogP contribution in [-0.4, -0.2) is 41.5 Å². The smallest absolute Gasteiger partial charge is 0.408 e. The minimum absolute atomic E-state index is 0.310. The average molecular weight is 443 g/mol. The van der Waals surface area contributed by atoms with E-state index in [2.05, 4.69) is 10.6 Å². The summed E-state index contributed by atoms with van der Waals surface area (Å²) in [4.78, 5) is 13.0. The van der Waals surface area contributed by atoms with Crippen LogP contribution < -0.4 is 10.6 Å². The van der Waals surface area contributed by atoms with E-state index in [-0.39, 0.29) is 6.10 Å². The van der Waals surface area contributed by atoms with Crippen LogP contribution in [0.1, 0.15) is 31.9 Å². The molecule has 0 radical (unpaired) electrons. The molecule has 0 spiro atoms. The number of benzene rings is 2. The van der Waals surface area contributed by atoms with Crippen molar-refractivity contribution in [2.24, 2.45) is 0 Å². The Labute approximate surface area is 189 Å². The summed E-state index contributed by atoms with van der Waals surface area (Å²) in [5.74, 6) is 0. The summed E-state index contributed by atoms with van der Waals surface area (Å²) in [5.41, 5.74) is 1.48. The quantitative estimate of drug-likeness (QED) is 0.632. The zero-order chi connectivity index (χ0) is 22.3. The lowest BCUT2D eigenvalue weighted by Crippen LogP contribution is -2.64. The SMILES string of the molecule is CC(C)(C)OC(=O)NC1C(=S)NCC(OCc2ccccc2)C1OCc1ccccc1. The molecule has 2 N–H and O–H groups in total. The molecule has 6 nitrogen and oxygen atoms in total. The van der Waals surface area contributed by atoms with Crippen molar-refractivity contribution in [1.29, 1.82) is 0 Å². The second kappa shape index (κ2) is 10.7. The van der Waals surface area contributed by atoms with Crippen LogP contribution in [0.5, 0.6) is 0 Å². The zero-order valence-electron chi connectivity index (χ0n) is 18.2. The molecule has 0 aliphatic carbocycles. The minimum atomic E-state index is -0.614. The van der Waals surface area contributed by atoms with Crippen LogP contribution in [0.2, 0.25) is 0 Å². The molecule has 166 valence electrons. The Morgan fingerprint density at radius 2 is 1.55 bits per heavy atom. The van der Waals surface area contributed by atoms with Crippen LogP contribution in [0.15, 0.2) is 60.7 Å². The van der Waals surface area contributed by atoms with Crippen molar-refractivity contribution in [1.82, 2.24) is 10.6 Å². The van der Waals surface area contributed by atoms with Crippen molar-refractivity contribution >= 4 is 23.3 Å². The van der Waals surface area contributed by atoms with Gasteiger partial charge in [0.15, 0.2) is 0 Å². The van der Waals surface area contributed by atoms with Gasteiger partial charge in [-0.15, -0.1) is 0 Å². The molecule has 31 heavy (non-hydrogen) atoms. The molecule has 0 aromatic heterocycles. The van der Waals surface area contributed by atoms with Crippen LogP contribution in [-0.2, 0) is 27.4 Å². The maximum absolute atomic E-state index is 12.5. The minimum Gasteiger partial charge on any atom is -0.444 e. The van der Waals surface area contributed by atoms with Gasteiger partial charge in [-0.1, -0.05) is 72.9 Å². The number of ether oxygens (including phenoxy) is 3. The van der Waals surface area contributed by atoms with Crippen molar-refractivity contribution in [3.05, 3.63) is 71.8 Å². The summed E-state index contributed by atoms with van der Waals surface area (Å²) in [7, 11) is 0. The van der Waals surface area contributed by atoms with Crippen LogP contribution in [0.25, 0.3) is 0 Å². The molecule has 2 aromatic rings. The first-order valence-corrected chi connectivity index (χ1v) is 10.8. The van der Waals surface area contributed by atoms with E-state index in [4.69, 9.17) is 26.4 Å². The molecule has 1 aliphatic rings. The lowest BCUT2D eigenvalue weighted by Gasteiger charge is -2.39. The van der Waals surface area contributed by atoms with E-state index in [0.717, 1.165) is 11.1 Å². The summed E-state index contributed by atoms with van der Waals surface area (Å²) in [6.07, 6.45) is -1.32. The van der Waals surface area contributed by atoms with Crippen molar-refractivity contribution in [2.45, 2.75) is 57.8 Å². The molecule has 7 heteroatoms. The third-order valence-corrected chi connectivity index (χ3v) is 5.12. The summed E-state index contributed by atoms with van der Waals surface area (Å²) < 4.78 is 17.9. The number of hydrogen-bond donors (Lipinski definition) is 2. The number of thiocarbonyl (C=S) groups is 1. The Bertz CT molecular complexity index is 855. The van der Waals surface area contributed by atoms with Crippen molar-refractivity contribution in [3.63, 3.8) is 0 Å². The first kappa shape index (κ1) is 23.2. The number of rotatable bonds is 7. The molecule has 3 atom stereocenters. The van der Waals surface area contributed by atoms with Gasteiger partial charge in [0.05, 0.1) is 13.2 Å². The second-order valence-corrected chi connectivity index (χ2v) is 8.91. The molecule has 1 saturated heterocycles. The highest BCUT2D eigenvalue weighted by Gasteiger charge is 2.40.